The average molecular weight is 283 g/mol. The van der Waals surface area contributed by atoms with Crippen molar-refractivity contribution in [2.75, 3.05) is 14.2 Å². The minimum atomic E-state index is -0.217. The molecule has 0 aromatic heterocycles. The zero-order chi connectivity index (χ0) is 15.0. The number of benzene rings is 2. The molecule has 0 N–H and O–H groups in total. The Labute approximate surface area is 124 Å². The molecule has 0 amide bonds. The van der Waals surface area contributed by atoms with Crippen molar-refractivity contribution in [3.63, 3.8) is 0 Å². The van der Waals surface area contributed by atoms with E-state index < -0.39 is 0 Å². The van der Waals surface area contributed by atoms with E-state index in [4.69, 9.17) is 4.74 Å². The molecule has 2 nitrogen and oxygen atoms in total. The Morgan fingerprint density at radius 2 is 1.95 bits per heavy atom. The van der Waals surface area contributed by atoms with Crippen LogP contribution in [0.15, 0.2) is 48.2 Å². The lowest BCUT2D eigenvalue weighted by atomic mass is 9.89. The second-order valence-electron chi connectivity index (χ2n) is 5.35. The maximum Gasteiger partial charge on any atom is 0.123 e. The first-order valence-electron chi connectivity index (χ1n) is 6.95. The maximum absolute atomic E-state index is 13.6. The highest BCUT2D eigenvalue weighted by molar-refractivity contribution is 5.84. The van der Waals surface area contributed by atoms with Crippen molar-refractivity contribution in [1.29, 1.82) is 0 Å². The van der Waals surface area contributed by atoms with E-state index in [1.165, 1.54) is 11.6 Å². The number of fused-ring (bicyclic) bond motifs is 1. The molecule has 0 spiro atoms. The lowest BCUT2D eigenvalue weighted by molar-refractivity contribution is 0.401. The average Bonchev–Trinajstić information content (AvgIpc) is 2.48. The molecule has 1 heterocycles. The van der Waals surface area contributed by atoms with Gasteiger partial charge in [0.25, 0.3) is 0 Å². The van der Waals surface area contributed by atoms with Gasteiger partial charge in [0.05, 0.1) is 7.11 Å². The quantitative estimate of drug-likeness (QED) is 0.824. The highest BCUT2D eigenvalue weighted by Gasteiger charge is 2.22. The second kappa shape index (κ2) is 5.24. The number of allylic oxidation sites excluding steroid dienone is 1. The first-order chi connectivity index (χ1) is 10.1. The predicted octanol–water partition coefficient (Wildman–Crippen LogP) is 4.06. The smallest absolute Gasteiger partial charge is 0.123 e. The second-order valence-corrected chi connectivity index (χ2v) is 5.35. The number of hydrogen-bond acceptors (Lipinski definition) is 2. The van der Waals surface area contributed by atoms with E-state index in [9.17, 15) is 4.39 Å². The predicted molar refractivity (Wildman–Crippen MR) is 82.6 cm³/mol. The van der Waals surface area contributed by atoms with Crippen LogP contribution in [0.3, 0.4) is 0 Å². The van der Waals surface area contributed by atoms with Gasteiger partial charge >= 0.3 is 0 Å². The van der Waals surface area contributed by atoms with Gasteiger partial charge < -0.3 is 9.64 Å². The summed E-state index contributed by atoms with van der Waals surface area (Å²) in [5.74, 6) is 0.602. The van der Waals surface area contributed by atoms with Crippen molar-refractivity contribution in [2.45, 2.75) is 13.5 Å². The van der Waals surface area contributed by atoms with E-state index in [0.29, 0.717) is 0 Å². The molecule has 21 heavy (non-hydrogen) atoms. The zero-order valence-electron chi connectivity index (χ0n) is 12.5. The molecular weight excluding hydrogens is 265 g/mol. The standard InChI is InChI=1S/C18H18FNO/c1-12-18(13-5-4-6-15(19)9-13)17-10-16(21-3)8-7-14(17)11-20(12)2/h4-10H,11H2,1-3H3. The molecule has 108 valence electrons. The van der Waals surface area contributed by atoms with Crippen LogP contribution in [0.25, 0.3) is 5.57 Å². The summed E-state index contributed by atoms with van der Waals surface area (Å²) in [6, 6.07) is 12.8. The molecule has 0 atom stereocenters. The van der Waals surface area contributed by atoms with Crippen molar-refractivity contribution in [3.05, 3.63) is 70.7 Å². The fourth-order valence-corrected chi connectivity index (χ4v) is 2.82. The van der Waals surface area contributed by atoms with E-state index in [2.05, 4.69) is 24.9 Å². The summed E-state index contributed by atoms with van der Waals surface area (Å²) in [5, 5.41) is 0. The lowest BCUT2D eigenvalue weighted by Crippen LogP contribution is -2.22. The molecule has 1 aliphatic heterocycles. The van der Waals surface area contributed by atoms with Gasteiger partial charge in [-0.1, -0.05) is 18.2 Å². The summed E-state index contributed by atoms with van der Waals surface area (Å²) in [7, 11) is 3.72. The lowest BCUT2D eigenvalue weighted by Gasteiger charge is -2.31. The number of nitrogens with zero attached hydrogens (tertiary/aromatic N) is 1. The molecule has 0 aliphatic carbocycles. The van der Waals surface area contributed by atoms with E-state index in [-0.39, 0.29) is 5.82 Å². The van der Waals surface area contributed by atoms with Crippen LogP contribution in [-0.4, -0.2) is 19.1 Å². The van der Waals surface area contributed by atoms with Gasteiger partial charge in [0.2, 0.25) is 0 Å². The van der Waals surface area contributed by atoms with Gasteiger partial charge in [-0.3, -0.25) is 0 Å². The summed E-state index contributed by atoms with van der Waals surface area (Å²) in [5.41, 5.74) is 5.45. The van der Waals surface area contributed by atoms with Crippen LogP contribution < -0.4 is 4.74 Å². The molecule has 0 radical (unpaired) electrons. The summed E-state index contributed by atoms with van der Waals surface area (Å²) < 4.78 is 18.9. The Morgan fingerprint density at radius 3 is 2.67 bits per heavy atom. The van der Waals surface area contributed by atoms with Crippen LogP contribution in [0.4, 0.5) is 4.39 Å². The fraction of sp³-hybridized carbons (Fsp3) is 0.222. The molecule has 2 aromatic rings. The van der Waals surface area contributed by atoms with E-state index in [0.717, 1.165) is 34.7 Å². The summed E-state index contributed by atoms with van der Waals surface area (Å²) in [6.45, 7) is 2.92. The van der Waals surface area contributed by atoms with Crippen molar-refractivity contribution >= 4 is 5.57 Å². The van der Waals surface area contributed by atoms with E-state index in [1.807, 2.05) is 18.2 Å². The summed E-state index contributed by atoms with van der Waals surface area (Å²) in [6.07, 6.45) is 0. The Balaban J connectivity index is 2.23. The number of rotatable bonds is 2. The van der Waals surface area contributed by atoms with Gasteiger partial charge in [-0.2, -0.15) is 0 Å². The molecule has 0 bridgehead atoms. The van der Waals surface area contributed by atoms with Crippen molar-refractivity contribution < 1.29 is 9.13 Å². The Hall–Kier alpha value is -2.29. The van der Waals surface area contributed by atoms with E-state index in [1.54, 1.807) is 19.2 Å². The SMILES string of the molecule is COc1ccc2c(c1)C(c1cccc(F)c1)=C(C)N(C)C2. The van der Waals surface area contributed by atoms with Crippen molar-refractivity contribution in [1.82, 2.24) is 4.90 Å². The van der Waals surface area contributed by atoms with Crippen LogP contribution in [0.5, 0.6) is 5.75 Å². The third-order valence-corrected chi connectivity index (χ3v) is 4.04. The highest BCUT2D eigenvalue weighted by atomic mass is 19.1. The normalized spacial score (nSPS) is 14.2. The zero-order valence-corrected chi connectivity index (χ0v) is 12.5. The maximum atomic E-state index is 13.6. The van der Waals surface area contributed by atoms with Gasteiger partial charge in [-0.05, 0) is 47.9 Å². The summed E-state index contributed by atoms with van der Waals surface area (Å²) in [4.78, 5) is 2.19. The molecule has 0 unspecified atom stereocenters. The van der Waals surface area contributed by atoms with Gasteiger partial charge in [0, 0.05) is 24.9 Å². The molecule has 0 saturated carbocycles. The third kappa shape index (κ3) is 2.40. The topological polar surface area (TPSA) is 12.5 Å². The first kappa shape index (κ1) is 13.7. The number of ether oxygens (including phenoxy) is 1. The van der Waals surface area contributed by atoms with Crippen LogP contribution >= 0.6 is 0 Å². The van der Waals surface area contributed by atoms with E-state index >= 15 is 0 Å². The van der Waals surface area contributed by atoms with Crippen LogP contribution in [0.1, 0.15) is 23.6 Å². The molecule has 0 fully saturated rings. The van der Waals surface area contributed by atoms with Crippen molar-refractivity contribution in [2.24, 2.45) is 0 Å². The van der Waals surface area contributed by atoms with Crippen LogP contribution in [0, 0.1) is 5.82 Å². The molecule has 3 rings (SSSR count). The summed E-state index contributed by atoms with van der Waals surface area (Å²) >= 11 is 0. The van der Waals surface area contributed by atoms with Crippen LogP contribution in [-0.2, 0) is 6.54 Å². The minimum absolute atomic E-state index is 0.217. The number of methoxy groups -OCH3 is 1. The minimum Gasteiger partial charge on any atom is -0.497 e. The molecule has 3 heteroatoms. The fourth-order valence-electron chi connectivity index (χ4n) is 2.82. The molecule has 0 saturated heterocycles. The Kier molecular flexibility index (Phi) is 3.42. The van der Waals surface area contributed by atoms with Gasteiger partial charge in [0.15, 0.2) is 0 Å². The Morgan fingerprint density at radius 1 is 1.14 bits per heavy atom. The Bertz CT molecular complexity index is 721. The highest BCUT2D eigenvalue weighted by Crippen LogP contribution is 2.37. The van der Waals surface area contributed by atoms with Gasteiger partial charge in [0.1, 0.15) is 11.6 Å². The third-order valence-electron chi connectivity index (χ3n) is 4.04. The molecular formula is C18H18FNO. The molecule has 1 aliphatic rings. The van der Waals surface area contributed by atoms with Crippen LogP contribution in [0.2, 0.25) is 0 Å². The van der Waals surface area contributed by atoms with Gasteiger partial charge in [-0.25, -0.2) is 4.39 Å². The first-order valence-corrected chi connectivity index (χ1v) is 6.95. The monoisotopic (exact) mass is 283 g/mol. The van der Waals surface area contributed by atoms with Crippen molar-refractivity contribution in [3.8, 4) is 5.75 Å². The number of hydrogen-bond donors (Lipinski definition) is 0. The molecule has 2 aromatic carbocycles. The largest absolute Gasteiger partial charge is 0.497 e. The van der Waals surface area contributed by atoms with Gasteiger partial charge in [-0.15, -0.1) is 0 Å². The number of halogens is 1.